The van der Waals surface area contributed by atoms with Crippen LogP contribution in [0.4, 0.5) is 0 Å². The van der Waals surface area contributed by atoms with Crippen LogP contribution >= 0.6 is 23.2 Å². The molecule has 1 aromatic carbocycles. The molecule has 0 aliphatic rings. The molecule has 0 atom stereocenters. The van der Waals surface area contributed by atoms with Crippen LogP contribution in [-0.4, -0.2) is 16.6 Å². The molecule has 0 fully saturated rings. The molecule has 6 heteroatoms. The number of amides is 1. The lowest BCUT2D eigenvalue weighted by molar-refractivity contribution is 0.0954. The average Bonchev–Trinajstić information content (AvgIpc) is 2.50. The number of carbonyl (C=O) groups is 1. The van der Waals surface area contributed by atoms with E-state index in [9.17, 15) is 4.79 Å². The van der Waals surface area contributed by atoms with Gasteiger partial charge in [0.1, 0.15) is 0 Å². The van der Waals surface area contributed by atoms with Crippen LogP contribution in [0.1, 0.15) is 29.3 Å². The van der Waals surface area contributed by atoms with Crippen LogP contribution in [0.3, 0.4) is 0 Å². The van der Waals surface area contributed by atoms with E-state index < -0.39 is 0 Å². The number of benzene rings is 1. The molecule has 1 amide bonds. The van der Waals surface area contributed by atoms with Crippen molar-refractivity contribution >= 4 is 34.8 Å². The third-order valence-electron chi connectivity index (χ3n) is 2.79. The number of nitrogens with zero attached hydrogens (tertiary/aromatic N) is 2. The molecule has 0 aliphatic carbocycles. The number of nitrogens with one attached hydrogen (secondary N) is 1. The van der Waals surface area contributed by atoms with E-state index in [4.69, 9.17) is 23.2 Å². The topological polar surface area (TPSA) is 54.4 Å². The first-order valence-electron chi connectivity index (χ1n) is 6.34. The fraction of sp³-hybridized carbons (Fsp3) is 0.133. The van der Waals surface area contributed by atoms with Gasteiger partial charge in [0, 0.05) is 23.0 Å². The van der Waals surface area contributed by atoms with Crippen molar-refractivity contribution in [2.75, 3.05) is 0 Å². The minimum Gasteiger partial charge on any atom is -0.267 e. The number of aromatic nitrogens is 1. The van der Waals surface area contributed by atoms with Crippen molar-refractivity contribution in [2.45, 2.75) is 13.3 Å². The molecule has 4 nitrogen and oxygen atoms in total. The van der Waals surface area contributed by atoms with Crippen molar-refractivity contribution in [1.82, 2.24) is 10.4 Å². The zero-order valence-corrected chi connectivity index (χ0v) is 12.8. The van der Waals surface area contributed by atoms with Gasteiger partial charge in [-0.25, -0.2) is 5.43 Å². The highest BCUT2D eigenvalue weighted by molar-refractivity contribution is 6.37. The first kappa shape index (κ1) is 15.5. The molecular formula is C15H13Cl2N3O. The molecule has 21 heavy (non-hydrogen) atoms. The summed E-state index contributed by atoms with van der Waals surface area (Å²) in [5, 5.41) is 5.19. The van der Waals surface area contributed by atoms with Crippen molar-refractivity contribution in [3.05, 3.63) is 63.9 Å². The Kier molecular flexibility index (Phi) is 5.31. The van der Waals surface area contributed by atoms with Gasteiger partial charge < -0.3 is 0 Å². The van der Waals surface area contributed by atoms with Crippen LogP contribution in [0.15, 0.2) is 47.8 Å². The summed E-state index contributed by atoms with van der Waals surface area (Å²) < 4.78 is 0. The van der Waals surface area contributed by atoms with Gasteiger partial charge in [0.25, 0.3) is 5.91 Å². The van der Waals surface area contributed by atoms with Crippen LogP contribution < -0.4 is 5.43 Å². The first-order chi connectivity index (χ1) is 10.1. The summed E-state index contributed by atoms with van der Waals surface area (Å²) in [5.41, 5.74) is 4.37. The number of pyridine rings is 1. The maximum Gasteiger partial charge on any atom is 0.272 e. The van der Waals surface area contributed by atoms with Gasteiger partial charge in [-0.05, 0) is 30.7 Å². The number of hydrogen-bond acceptors (Lipinski definition) is 3. The van der Waals surface area contributed by atoms with Crippen LogP contribution in [0.25, 0.3) is 0 Å². The average molecular weight is 322 g/mol. The van der Waals surface area contributed by atoms with Gasteiger partial charge in [-0.3, -0.25) is 9.78 Å². The second kappa shape index (κ2) is 7.20. The highest BCUT2D eigenvalue weighted by Gasteiger charge is 2.09. The van der Waals surface area contributed by atoms with Gasteiger partial charge in [-0.2, -0.15) is 5.10 Å². The van der Waals surface area contributed by atoms with Crippen molar-refractivity contribution in [3.63, 3.8) is 0 Å². The molecule has 0 spiro atoms. The molecule has 0 unspecified atom stereocenters. The van der Waals surface area contributed by atoms with Crippen LogP contribution in [0.5, 0.6) is 0 Å². The molecule has 1 N–H and O–H groups in total. The van der Waals surface area contributed by atoms with E-state index in [1.807, 2.05) is 6.92 Å². The van der Waals surface area contributed by atoms with Crippen molar-refractivity contribution in [1.29, 1.82) is 0 Å². The van der Waals surface area contributed by atoms with Crippen LogP contribution in [-0.2, 0) is 0 Å². The van der Waals surface area contributed by atoms with Gasteiger partial charge in [0.05, 0.1) is 16.3 Å². The lowest BCUT2D eigenvalue weighted by Gasteiger charge is -2.07. The number of halogens is 2. The lowest BCUT2D eigenvalue weighted by atomic mass is 10.1. The van der Waals surface area contributed by atoms with Crippen LogP contribution in [0, 0.1) is 0 Å². The third kappa shape index (κ3) is 4.03. The summed E-state index contributed by atoms with van der Waals surface area (Å²) in [7, 11) is 0. The van der Waals surface area contributed by atoms with E-state index >= 15 is 0 Å². The standard InChI is InChI=1S/C15H13Cl2N3O/c1-2-14(12-6-5-11(16)8-13(12)17)19-20-15(21)10-4-3-7-18-9-10/h3-9H,2H2,1H3,(H,20,21). The SMILES string of the molecule is CCC(=NNC(=O)c1cccnc1)c1ccc(Cl)cc1Cl. The largest absolute Gasteiger partial charge is 0.272 e. The quantitative estimate of drug-likeness (QED) is 0.685. The second-order valence-corrected chi connectivity index (χ2v) is 5.06. The lowest BCUT2D eigenvalue weighted by Crippen LogP contribution is -2.20. The van der Waals surface area contributed by atoms with Crippen molar-refractivity contribution in [3.8, 4) is 0 Å². The molecule has 2 aromatic rings. The maximum atomic E-state index is 11.9. The second-order valence-electron chi connectivity index (χ2n) is 4.22. The third-order valence-corrected chi connectivity index (χ3v) is 3.34. The number of hydrogen-bond donors (Lipinski definition) is 1. The molecule has 108 valence electrons. The van der Waals surface area contributed by atoms with Crippen molar-refractivity contribution < 1.29 is 4.79 Å². The Balaban J connectivity index is 2.19. The van der Waals surface area contributed by atoms with Gasteiger partial charge in [-0.1, -0.05) is 36.2 Å². The monoisotopic (exact) mass is 321 g/mol. The molecule has 0 saturated heterocycles. The predicted molar refractivity (Wildman–Crippen MR) is 85.0 cm³/mol. The van der Waals surface area contributed by atoms with E-state index in [1.54, 1.807) is 36.5 Å². The number of rotatable bonds is 4. The smallest absolute Gasteiger partial charge is 0.267 e. The van der Waals surface area contributed by atoms with Gasteiger partial charge in [0.2, 0.25) is 0 Å². The number of hydrazone groups is 1. The molecule has 0 aliphatic heterocycles. The highest BCUT2D eigenvalue weighted by atomic mass is 35.5. The Hall–Kier alpha value is -1.91. The molecule has 1 heterocycles. The van der Waals surface area contributed by atoms with E-state index in [2.05, 4.69) is 15.5 Å². The minimum atomic E-state index is -0.320. The summed E-state index contributed by atoms with van der Waals surface area (Å²) >= 11 is 12.0. The summed E-state index contributed by atoms with van der Waals surface area (Å²) in [6.07, 6.45) is 3.70. The zero-order valence-electron chi connectivity index (χ0n) is 11.3. The van der Waals surface area contributed by atoms with Gasteiger partial charge in [0.15, 0.2) is 0 Å². The molecular weight excluding hydrogens is 309 g/mol. The summed E-state index contributed by atoms with van der Waals surface area (Å²) in [6, 6.07) is 8.51. The highest BCUT2D eigenvalue weighted by Crippen LogP contribution is 2.22. The zero-order chi connectivity index (χ0) is 15.2. The van der Waals surface area contributed by atoms with Crippen LogP contribution in [0.2, 0.25) is 10.0 Å². The first-order valence-corrected chi connectivity index (χ1v) is 7.09. The van der Waals surface area contributed by atoms with Gasteiger partial charge >= 0.3 is 0 Å². The Morgan fingerprint density at radius 3 is 2.76 bits per heavy atom. The Labute approximate surface area is 132 Å². The fourth-order valence-corrected chi connectivity index (χ4v) is 2.25. The molecule has 2 rings (SSSR count). The molecule has 0 radical (unpaired) electrons. The number of carbonyl (C=O) groups excluding carboxylic acids is 1. The molecule has 1 aromatic heterocycles. The van der Waals surface area contributed by atoms with E-state index in [0.29, 0.717) is 27.7 Å². The minimum absolute atomic E-state index is 0.320. The molecule has 0 saturated carbocycles. The van der Waals surface area contributed by atoms with Crippen molar-refractivity contribution in [2.24, 2.45) is 5.10 Å². The van der Waals surface area contributed by atoms with E-state index in [1.165, 1.54) is 6.20 Å². The summed E-state index contributed by atoms with van der Waals surface area (Å²) in [6.45, 7) is 1.93. The Morgan fingerprint density at radius 2 is 2.14 bits per heavy atom. The Morgan fingerprint density at radius 1 is 1.33 bits per heavy atom. The normalized spacial score (nSPS) is 11.3. The maximum absolute atomic E-state index is 11.9. The van der Waals surface area contributed by atoms with E-state index in [0.717, 1.165) is 5.56 Å². The summed E-state index contributed by atoms with van der Waals surface area (Å²) in [4.78, 5) is 15.8. The predicted octanol–water partition coefficient (Wildman–Crippen LogP) is 3.93. The molecule has 0 bridgehead atoms. The van der Waals surface area contributed by atoms with E-state index in [-0.39, 0.29) is 5.91 Å². The summed E-state index contributed by atoms with van der Waals surface area (Å²) in [5.74, 6) is -0.320. The fourth-order valence-electron chi connectivity index (χ4n) is 1.73. The van der Waals surface area contributed by atoms with Gasteiger partial charge in [-0.15, -0.1) is 0 Å². The Bertz CT molecular complexity index is 672.